The quantitative estimate of drug-likeness (QED) is 0.818. The molecule has 0 atom stereocenters. The molecule has 0 aliphatic carbocycles. The van der Waals surface area contributed by atoms with Crippen molar-refractivity contribution in [2.75, 3.05) is 13.2 Å². The van der Waals surface area contributed by atoms with Gasteiger partial charge in [-0.15, -0.1) is 0 Å². The highest BCUT2D eigenvalue weighted by molar-refractivity contribution is 5.97. The first-order valence-electron chi connectivity index (χ1n) is 6.07. The van der Waals surface area contributed by atoms with Crippen molar-refractivity contribution in [3.05, 3.63) is 29.3 Å². The van der Waals surface area contributed by atoms with Crippen molar-refractivity contribution in [1.82, 2.24) is 0 Å². The lowest BCUT2D eigenvalue weighted by atomic mass is 9.90. The Bertz CT molecular complexity index is 406. The van der Waals surface area contributed by atoms with Gasteiger partial charge in [0.15, 0.2) is 5.78 Å². The number of ether oxygens (including phenoxy) is 1. The number of benzene rings is 1. The van der Waals surface area contributed by atoms with Gasteiger partial charge in [0.1, 0.15) is 5.75 Å². The Morgan fingerprint density at radius 2 is 2.12 bits per heavy atom. The number of phenolic OH excluding ortho intramolecular Hbond substituents is 1. The Kier molecular flexibility index (Phi) is 3.79. The molecule has 1 aliphatic heterocycles. The SMILES string of the molecule is Cc1cc(O)ccc1C(=O)CC1CCOCC1. The second-order valence-corrected chi connectivity index (χ2v) is 4.68. The molecular weight excluding hydrogens is 216 g/mol. The lowest BCUT2D eigenvalue weighted by Crippen LogP contribution is -2.19. The average molecular weight is 234 g/mol. The highest BCUT2D eigenvalue weighted by atomic mass is 16.5. The predicted octanol–water partition coefficient (Wildman–Crippen LogP) is 2.70. The number of hydrogen-bond acceptors (Lipinski definition) is 3. The van der Waals surface area contributed by atoms with Crippen molar-refractivity contribution < 1.29 is 14.6 Å². The van der Waals surface area contributed by atoms with Crippen molar-refractivity contribution in [3.63, 3.8) is 0 Å². The molecule has 0 bridgehead atoms. The van der Waals surface area contributed by atoms with Crippen LogP contribution in [0.1, 0.15) is 35.2 Å². The standard InChI is InChI=1S/C14H18O3/c1-10-8-12(15)2-3-13(10)14(16)9-11-4-6-17-7-5-11/h2-3,8,11,15H,4-7,9H2,1H3. The van der Waals surface area contributed by atoms with Gasteiger partial charge in [0.05, 0.1) is 0 Å². The van der Waals surface area contributed by atoms with Gasteiger partial charge in [-0.2, -0.15) is 0 Å². The minimum Gasteiger partial charge on any atom is -0.508 e. The monoisotopic (exact) mass is 234 g/mol. The van der Waals surface area contributed by atoms with E-state index in [1.807, 2.05) is 6.92 Å². The number of carbonyl (C=O) groups is 1. The van der Waals surface area contributed by atoms with Crippen LogP contribution < -0.4 is 0 Å². The van der Waals surface area contributed by atoms with Gasteiger partial charge in [-0.3, -0.25) is 4.79 Å². The van der Waals surface area contributed by atoms with E-state index in [0.29, 0.717) is 12.3 Å². The molecule has 17 heavy (non-hydrogen) atoms. The van der Waals surface area contributed by atoms with Gasteiger partial charge >= 0.3 is 0 Å². The number of aryl methyl sites for hydroxylation is 1. The third-order valence-electron chi connectivity index (χ3n) is 3.33. The Hall–Kier alpha value is -1.35. The molecule has 2 rings (SSSR count). The van der Waals surface area contributed by atoms with Crippen LogP contribution in [0, 0.1) is 12.8 Å². The summed E-state index contributed by atoms with van der Waals surface area (Å²) in [6.07, 6.45) is 2.54. The molecule has 0 saturated carbocycles. The summed E-state index contributed by atoms with van der Waals surface area (Å²) < 4.78 is 5.28. The largest absolute Gasteiger partial charge is 0.508 e. The summed E-state index contributed by atoms with van der Waals surface area (Å²) >= 11 is 0. The third kappa shape index (κ3) is 3.07. The van der Waals surface area contributed by atoms with Gasteiger partial charge in [0.25, 0.3) is 0 Å². The zero-order valence-corrected chi connectivity index (χ0v) is 10.1. The van der Waals surface area contributed by atoms with E-state index in [4.69, 9.17) is 4.74 Å². The van der Waals surface area contributed by atoms with Gasteiger partial charge in [0, 0.05) is 25.2 Å². The van der Waals surface area contributed by atoms with E-state index in [1.165, 1.54) is 0 Å². The third-order valence-corrected chi connectivity index (χ3v) is 3.33. The van der Waals surface area contributed by atoms with E-state index < -0.39 is 0 Å². The highest BCUT2D eigenvalue weighted by Crippen LogP contribution is 2.23. The molecule has 1 aromatic rings. The van der Waals surface area contributed by atoms with Gasteiger partial charge < -0.3 is 9.84 Å². The molecule has 3 heteroatoms. The van der Waals surface area contributed by atoms with Crippen molar-refractivity contribution in [1.29, 1.82) is 0 Å². The minimum absolute atomic E-state index is 0.175. The number of Topliss-reactive ketones (excluding diaryl/α,β-unsaturated/α-hetero) is 1. The molecular formula is C14H18O3. The Morgan fingerprint density at radius 3 is 2.76 bits per heavy atom. The van der Waals surface area contributed by atoms with E-state index in [9.17, 15) is 9.90 Å². The number of aromatic hydroxyl groups is 1. The molecule has 1 fully saturated rings. The average Bonchev–Trinajstić information content (AvgIpc) is 2.30. The van der Waals surface area contributed by atoms with Crippen molar-refractivity contribution in [2.45, 2.75) is 26.2 Å². The first-order chi connectivity index (χ1) is 8.16. The molecule has 1 aliphatic rings. The minimum atomic E-state index is 0.175. The Morgan fingerprint density at radius 1 is 1.41 bits per heavy atom. The van der Waals surface area contributed by atoms with Crippen molar-refractivity contribution in [2.24, 2.45) is 5.92 Å². The molecule has 92 valence electrons. The summed E-state index contributed by atoms with van der Waals surface area (Å²) in [5.74, 6) is 0.837. The second-order valence-electron chi connectivity index (χ2n) is 4.68. The number of hydrogen-bond donors (Lipinski definition) is 1. The van der Waals surface area contributed by atoms with Crippen molar-refractivity contribution >= 4 is 5.78 Å². The lowest BCUT2D eigenvalue weighted by molar-refractivity contribution is 0.0601. The van der Waals surface area contributed by atoms with E-state index in [1.54, 1.807) is 18.2 Å². The van der Waals surface area contributed by atoms with Crippen LogP contribution in [0.3, 0.4) is 0 Å². The van der Waals surface area contributed by atoms with E-state index in [2.05, 4.69) is 0 Å². The van der Waals surface area contributed by atoms with Crippen molar-refractivity contribution in [3.8, 4) is 5.75 Å². The zero-order chi connectivity index (χ0) is 12.3. The summed E-state index contributed by atoms with van der Waals surface area (Å²) in [7, 11) is 0. The number of carbonyl (C=O) groups excluding carboxylic acids is 1. The molecule has 1 N–H and O–H groups in total. The van der Waals surface area contributed by atoms with Crippen LogP contribution in [0.2, 0.25) is 0 Å². The smallest absolute Gasteiger partial charge is 0.163 e. The van der Waals surface area contributed by atoms with Gasteiger partial charge in [-0.25, -0.2) is 0 Å². The molecule has 0 amide bonds. The van der Waals surface area contributed by atoms with Crippen LogP contribution in [0.4, 0.5) is 0 Å². The molecule has 0 spiro atoms. The molecule has 1 heterocycles. The van der Waals surface area contributed by atoms with E-state index >= 15 is 0 Å². The number of ketones is 1. The molecule has 1 aromatic carbocycles. The van der Waals surface area contributed by atoms with Crippen LogP contribution in [0.5, 0.6) is 5.75 Å². The maximum absolute atomic E-state index is 12.1. The molecule has 0 radical (unpaired) electrons. The first kappa shape index (κ1) is 12.1. The topological polar surface area (TPSA) is 46.5 Å². The van der Waals surface area contributed by atoms with Crippen LogP contribution in [-0.4, -0.2) is 24.1 Å². The Balaban J connectivity index is 2.03. The maximum Gasteiger partial charge on any atom is 0.163 e. The fourth-order valence-corrected chi connectivity index (χ4v) is 2.28. The lowest BCUT2D eigenvalue weighted by Gasteiger charge is -2.21. The molecule has 3 nitrogen and oxygen atoms in total. The van der Waals surface area contributed by atoms with Gasteiger partial charge in [-0.1, -0.05) is 0 Å². The molecule has 0 aromatic heterocycles. The normalized spacial score (nSPS) is 17.0. The first-order valence-corrected chi connectivity index (χ1v) is 6.07. The number of phenols is 1. The summed E-state index contributed by atoms with van der Waals surface area (Å²) in [4.78, 5) is 12.1. The molecule has 1 saturated heterocycles. The van der Waals surface area contributed by atoms with Crippen LogP contribution in [0.15, 0.2) is 18.2 Å². The van der Waals surface area contributed by atoms with E-state index in [0.717, 1.165) is 37.2 Å². The highest BCUT2D eigenvalue weighted by Gasteiger charge is 2.19. The summed E-state index contributed by atoms with van der Waals surface area (Å²) in [6, 6.07) is 4.92. The summed E-state index contributed by atoms with van der Waals surface area (Å²) in [6.45, 7) is 3.40. The zero-order valence-electron chi connectivity index (χ0n) is 10.1. The maximum atomic E-state index is 12.1. The second kappa shape index (κ2) is 5.32. The van der Waals surface area contributed by atoms with Gasteiger partial charge in [0.2, 0.25) is 0 Å². The van der Waals surface area contributed by atoms with Crippen LogP contribution in [0.25, 0.3) is 0 Å². The fraction of sp³-hybridized carbons (Fsp3) is 0.500. The van der Waals surface area contributed by atoms with Crippen LogP contribution in [-0.2, 0) is 4.74 Å². The Labute approximate surface area is 101 Å². The summed E-state index contributed by atoms with van der Waals surface area (Å²) in [5, 5.41) is 9.31. The van der Waals surface area contributed by atoms with E-state index in [-0.39, 0.29) is 11.5 Å². The summed E-state index contributed by atoms with van der Waals surface area (Å²) in [5.41, 5.74) is 1.58. The van der Waals surface area contributed by atoms with Crippen LogP contribution >= 0.6 is 0 Å². The predicted molar refractivity (Wildman–Crippen MR) is 65.3 cm³/mol. The molecule has 0 unspecified atom stereocenters. The number of rotatable bonds is 3. The fourth-order valence-electron chi connectivity index (χ4n) is 2.28. The van der Waals surface area contributed by atoms with Gasteiger partial charge in [-0.05, 0) is 49.4 Å².